The van der Waals surface area contributed by atoms with Crippen molar-refractivity contribution in [3.05, 3.63) is 0 Å². The molecule has 0 bridgehead atoms. The normalized spacial score (nSPS) is 25.8. The summed E-state index contributed by atoms with van der Waals surface area (Å²) in [6.45, 7) is 6.43. The average molecular weight is 270 g/mol. The molecule has 3 N–H and O–H groups in total. The van der Waals surface area contributed by atoms with Crippen LogP contribution in [-0.2, 0) is 9.59 Å². The van der Waals surface area contributed by atoms with Gasteiger partial charge in [-0.1, -0.05) is 13.3 Å². The molecule has 19 heavy (non-hydrogen) atoms. The molecule has 0 heterocycles. The number of carbonyl (C=O) groups is 2. The number of carboxylic acid groups (broad SMARTS) is 1. The van der Waals surface area contributed by atoms with E-state index < -0.39 is 5.97 Å². The number of carboxylic acids is 1. The highest BCUT2D eigenvalue weighted by molar-refractivity contribution is 5.81. The lowest BCUT2D eigenvalue weighted by molar-refractivity contribution is -0.142. The summed E-state index contributed by atoms with van der Waals surface area (Å²) >= 11 is 0. The van der Waals surface area contributed by atoms with Crippen LogP contribution in [0.1, 0.15) is 46.5 Å². The zero-order valence-electron chi connectivity index (χ0n) is 12.1. The summed E-state index contributed by atoms with van der Waals surface area (Å²) in [7, 11) is 0. The lowest BCUT2D eigenvalue weighted by atomic mass is 9.96. The standard InChI is InChI=1S/C14H26N2O3/c1-4-9(2)16-13(17)10(3)15-8-11-6-5-7-12(11)14(18)19/h9-12,15H,4-8H2,1-3H3,(H,16,17)(H,18,19). The first-order valence-electron chi connectivity index (χ1n) is 7.22. The van der Waals surface area contributed by atoms with Crippen LogP contribution in [0.4, 0.5) is 0 Å². The maximum absolute atomic E-state index is 11.8. The fraction of sp³-hybridized carbons (Fsp3) is 0.857. The molecule has 1 aliphatic carbocycles. The number of hydrogen-bond donors (Lipinski definition) is 3. The Labute approximate surface area is 115 Å². The third-order valence-electron chi connectivity index (χ3n) is 4.06. The Morgan fingerprint density at radius 2 is 2.00 bits per heavy atom. The maximum atomic E-state index is 11.8. The van der Waals surface area contributed by atoms with E-state index in [0.717, 1.165) is 25.7 Å². The molecule has 4 atom stereocenters. The van der Waals surface area contributed by atoms with Gasteiger partial charge in [0.05, 0.1) is 12.0 Å². The molecule has 1 fully saturated rings. The van der Waals surface area contributed by atoms with Gasteiger partial charge >= 0.3 is 5.97 Å². The van der Waals surface area contributed by atoms with E-state index in [-0.39, 0.29) is 29.8 Å². The molecule has 1 saturated carbocycles. The van der Waals surface area contributed by atoms with Crippen molar-refractivity contribution in [2.75, 3.05) is 6.54 Å². The van der Waals surface area contributed by atoms with Crippen LogP contribution in [0.2, 0.25) is 0 Å². The number of aliphatic carboxylic acids is 1. The third-order valence-corrected chi connectivity index (χ3v) is 4.06. The van der Waals surface area contributed by atoms with E-state index in [2.05, 4.69) is 10.6 Å². The van der Waals surface area contributed by atoms with Gasteiger partial charge in [-0.3, -0.25) is 9.59 Å². The molecule has 5 nitrogen and oxygen atoms in total. The molecule has 1 rings (SSSR count). The van der Waals surface area contributed by atoms with Gasteiger partial charge in [0.1, 0.15) is 0 Å². The first kappa shape index (κ1) is 16.0. The molecule has 0 saturated heterocycles. The van der Waals surface area contributed by atoms with Crippen molar-refractivity contribution in [3.8, 4) is 0 Å². The highest BCUT2D eigenvalue weighted by Crippen LogP contribution is 2.31. The quantitative estimate of drug-likeness (QED) is 0.653. The van der Waals surface area contributed by atoms with Crippen LogP contribution in [0.5, 0.6) is 0 Å². The Morgan fingerprint density at radius 1 is 1.32 bits per heavy atom. The predicted octanol–water partition coefficient (Wildman–Crippen LogP) is 1.38. The molecule has 4 unspecified atom stereocenters. The Morgan fingerprint density at radius 3 is 2.58 bits per heavy atom. The van der Waals surface area contributed by atoms with E-state index in [1.165, 1.54) is 0 Å². The second-order valence-corrected chi connectivity index (χ2v) is 5.58. The van der Waals surface area contributed by atoms with Gasteiger partial charge in [-0.15, -0.1) is 0 Å². The number of hydrogen-bond acceptors (Lipinski definition) is 3. The van der Waals surface area contributed by atoms with Crippen molar-refractivity contribution in [1.82, 2.24) is 10.6 Å². The summed E-state index contributed by atoms with van der Waals surface area (Å²) in [6, 6.07) is -0.0981. The van der Waals surface area contributed by atoms with Crippen LogP contribution in [0.25, 0.3) is 0 Å². The number of carbonyl (C=O) groups excluding carboxylic acids is 1. The summed E-state index contributed by atoms with van der Waals surface area (Å²) in [5.41, 5.74) is 0. The predicted molar refractivity (Wildman–Crippen MR) is 73.8 cm³/mol. The molecule has 0 aromatic rings. The largest absolute Gasteiger partial charge is 0.481 e. The van der Waals surface area contributed by atoms with E-state index in [4.69, 9.17) is 5.11 Å². The molecular weight excluding hydrogens is 244 g/mol. The molecule has 5 heteroatoms. The summed E-state index contributed by atoms with van der Waals surface area (Å²) in [5.74, 6) is -0.825. The molecule has 110 valence electrons. The van der Waals surface area contributed by atoms with E-state index in [1.807, 2.05) is 20.8 Å². The van der Waals surface area contributed by atoms with Crippen molar-refractivity contribution in [1.29, 1.82) is 0 Å². The van der Waals surface area contributed by atoms with Crippen LogP contribution in [0, 0.1) is 11.8 Å². The van der Waals surface area contributed by atoms with Gasteiger partial charge in [-0.05, 0) is 45.6 Å². The van der Waals surface area contributed by atoms with E-state index >= 15 is 0 Å². The van der Waals surface area contributed by atoms with Crippen molar-refractivity contribution in [3.63, 3.8) is 0 Å². The van der Waals surface area contributed by atoms with Gasteiger partial charge in [0.25, 0.3) is 0 Å². The Balaban J connectivity index is 2.35. The van der Waals surface area contributed by atoms with E-state index in [9.17, 15) is 9.59 Å². The molecular formula is C14H26N2O3. The smallest absolute Gasteiger partial charge is 0.306 e. The molecule has 0 aromatic heterocycles. The van der Waals surface area contributed by atoms with Gasteiger partial charge < -0.3 is 15.7 Å². The monoisotopic (exact) mass is 270 g/mol. The maximum Gasteiger partial charge on any atom is 0.306 e. The van der Waals surface area contributed by atoms with Crippen LogP contribution >= 0.6 is 0 Å². The first-order chi connectivity index (χ1) is 8.95. The molecule has 0 spiro atoms. The van der Waals surface area contributed by atoms with Gasteiger partial charge in [0.15, 0.2) is 0 Å². The SMILES string of the molecule is CCC(C)NC(=O)C(C)NCC1CCCC1C(=O)O. The lowest BCUT2D eigenvalue weighted by Crippen LogP contribution is -2.47. The van der Waals surface area contributed by atoms with Crippen molar-refractivity contribution < 1.29 is 14.7 Å². The molecule has 1 aliphatic rings. The number of nitrogens with one attached hydrogen (secondary N) is 2. The van der Waals surface area contributed by atoms with Gasteiger partial charge in [0, 0.05) is 6.04 Å². The number of rotatable bonds is 7. The molecule has 1 amide bonds. The zero-order valence-corrected chi connectivity index (χ0v) is 12.1. The number of amides is 1. The second kappa shape index (κ2) is 7.48. The molecule has 0 aliphatic heterocycles. The summed E-state index contributed by atoms with van der Waals surface area (Å²) < 4.78 is 0. The van der Waals surface area contributed by atoms with E-state index in [1.54, 1.807) is 0 Å². The first-order valence-corrected chi connectivity index (χ1v) is 7.22. The van der Waals surface area contributed by atoms with Crippen LogP contribution in [0.15, 0.2) is 0 Å². The lowest BCUT2D eigenvalue weighted by Gasteiger charge is -2.21. The fourth-order valence-electron chi connectivity index (χ4n) is 2.50. The minimum Gasteiger partial charge on any atom is -0.481 e. The average Bonchev–Trinajstić information content (AvgIpc) is 2.83. The highest BCUT2D eigenvalue weighted by Gasteiger charge is 2.33. The second-order valence-electron chi connectivity index (χ2n) is 5.58. The van der Waals surface area contributed by atoms with Crippen molar-refractivity contribution in [2.24, 2.45) is 11.8 Å². The van der Waals surface area contributed by atoms with Gasteiger partial charge in [-0.25, -0.2) is 0 Å². The fourth-order valence-corrected chi connectivity index (χ4v) is 2.50. The highest BCUT2D eigenvalue weighted by atomic mass is 16.4. The Bertz CT molecular complexity index is 320. The van der Waals surface area contributed by atoms with Crippen molar-refractivity contribution >= 4 is 11.9 Å². The third kappa shape index (κ3) is 4.82. The van der Waals surface area contributed by atoms with Crippen LogP contribution < -0.4 is 10.6 Å². The van der Waals surface area contributed by atoms with Crippen LogP contribution in [-0.4, -0.2) is 35.6 Å². The summed E-state index contributed by atoms with van der Waals surface area (Å²) in [4.78, 5) is 22.9. The Hall–Kier alpha value is -1.10. The van der Waals surface area contributed by atoms with Gasteiger partial charge in [0.2, 0.25) is 5.91 Å². The minimum atomic E-state index is -0.707. The molecule has 0 aromatic carbocycles. The van der Waals surface area contributed by atoms with Gasteiger partial charge in [-0.2, -0.15) is 0 Å². The minimum absolute atomic E-state index is 0.0146. The Kier molecular flexibility index (Phi) is 6.28. The van der Waals surface area contributed by atoms with Crippen molar-refractivity contribution in [2.45, 2.75) is 58.5 Å². The van der Waals surface area contributed by atoms with Crippen LogP contribution in [0.3, 0.4) is 0 Å². The van der Waals surface area contributed by atoms with E-state index in [0.29, 0.717) is 6.54 Å². The zero-order chi connectivity index (χ0) is 14.4. The topological polar surface area (TPSA) is 78.4 Å². The summed E-state index contributed by atoms with van der Waals surface area (Å²) in [6.07, 6.45) is 3.57. The molecule has 0 radical (unpaired) electrons. The summed E-state index contributed by atoms with van der Waals surface area (Å²) in [5, 5.41) is 15.2.